The van der Waals surface area contributed by atoms with Gasteiger partial charge in [0.15, 0.2) is 11.6 Å². The van der Waals surface area contributed by atoms with Gasteiger partial charge >= 0.3 is 6.09 Å². The molecule has 7 nitrogen and oxygen atoms in total. The van der Waals surface area contributed by atoms with E-state index in [1.807, 2.05) is 20.8 Å². The topological polar surface area (TPSA) is 63.3 Å². The van der Waals surface area contributed by atoms with Crippen LogP contribution < -0.4 is 10.1 Å². The Kier molecular flexibility index (Phi) is 7.95. The van der Waals surface area contributed by atoms with Gasteiger partial charge in [0.2, 0.25) is 0 Å². The molecule has 0 aliphatic carbocycles. The fourth-order valence-corrected chi connectivity index (χ4v) is 4.07. The summed E-state index contributed by atoms with van der Waals surface area (Å²) in [5, 5.41) is 2.81. The van der Waals surface area contributed by atoms with Crippen LogP contribution in [0.15, 0.2) is 22.7 Å². The van der Waals surface area contributed by atoms with Gasteiger partial charge in [-0.1, -0.05) is 15.9 Å². The van der Waals surface area contributed by atoms with Crippen molar-refractivity contribution in [2.75, 3.05) is 52.4 Å². The Hall–Kier alpha value is -1.42. The van der Waals surface area contributed by atoms with Crippen LogP contribution in [0.3, 0.4) is 0 Å². The van der Waals surface area contributed by atoms with Gasteiger partial charge in [-0.3, -0.25) is 9.80 Å². The van der Waals surface area contributed by atoms with Crippen LogP contribution in [0, 0.1) is 5.82 Å². The maximum absolute atomic E-state index is 13.9. The second-order valence-electron chi connectivity index (χ2n) is 8.75. The molecule has 0 radical (unpaired) electrons. The van der Waals surface area contributed by atoms with Gasteiger partial charge in [0.1, 0.15) is 12.2 Å². The van der Waals surface area contributed by atoms with Crippen LogP contribution in [0.25, 0.3) is 0 Å². The molecule has 1 N–H and O–H groups in total. The van der Waals surface area contributed by atoms with Crippen LogP contribution in [0.5, 0.6) is 5.75 Å². The highest BCUT2D eigenvalue weighted by molar-refractivity contribution is 9.10. The number of halogens is 2. The molecule has 3 rings (SSSR count). The quantitative estimate of drug-likeness (QED) is 0.637. The molecule has 168 valence electrons. The summed E-state index contributed by atoms with van der Waals surface area (Å²) in [7, 11) is 0. The van der Waals surface area contributed by atoms with Crippen molar-refractivity contribution in [3.8, 4) is 5.75 Å². The Morgan fingerprint density at radius 3 is 2.43 bits per heavy atom. The lowest BCUT2D eigenvalue weighted by Gasteiger charge is -2.45. The van der Waals surface area contributed by atoms with Crippen molar-refractivity contribution in [3.63, 3.8) is 0 Å². The van der Waals surface area contributed by atoms with E-state index in [1.165, 1.54) is 6.07 Å². The average molecular weight is 488 g/mol. The molecule has 30 heavy (non-hydrogen) atoms. The minimum Gasteiger partial charge on any atom is -0.489 e. The normalized spacial score (nSPS) is 22.6. The molecule has 2 fully saturated rings. The summed E-state index contributed by atoms with van der Waals surface area (Å²) < 4.78 is 31.5. The van der Waals surface area contributed by atoms with E-state index < -0.39 is 5.60 Å². The van der Waals surface area contributed by atoms with Gasteiger partial charge in [-0.25, -0.2) is 9.18 Å². The predicted molar refractivity (Wildman–Crippen MR) is 115 cm³/mol. The Morgan fingerprint density at radius 1 is 1.20 bits per heavy atom. The highest BCUT2D eigenvalue weighted by Gasteiger charge is 2.34. The number of alkyl carbamates (subject to hydrolysis) is 1. The molecule has 2 aliphatic heterocycles. The fourth-order valence-electron chi connectivity index (χ4n) is 3.73. The summed E-state index contributed by atoms with van der Waals surface area (Å²) in [6.07, 6.45) is -0.128. The smallest absolute Gasteiger partial charge is 0.407 e. The number of fused-ring (bicyclic) bond motifs is 2. The first-order valence-electron chi connectivity index (χ1n) is 10.3. The third kappa shape index (κ3) is 7.37. The summed E-state index contributed by atoms with van der Waals surface area (Å²) in [4.78, 5) is 16.4. The van der Waals surface area contributed by atoms with Gasteiger partial charge in [-0.05, 0) is 39.0 Å². The summed E-state index contributed by atoms with van der Waals surface area (Å²) in [5.41, 5.74) is -0.490. The maximum Gasteiger partial charge on any atom is 0.407 e. The number of carbonyl (C=O) groups excluding carboxylic acids is 1. The molecule has 0 aromatic heterocycles. The van der Waals surface area contributed by atoms with Crippen LogP contribution in [0.4, 0.5) is 9.18 Å². The molecule has 2 heterocycles. The van der Waals surface area contributed by atoms with Crippen molar-refractivity contribution in [2.45, 2.75) is 38.6 Å². The lowest BCUT2D eigenvalue weighted by molar-refractivity contribution is -0.139. The molecule has 9 heteroatoms. The number of hydrogen-bond acceptors (Lipinski definition) is 6. The molecule has 1 amide bonds. The number of rotatable bonds is 7. The fraction of sp³-hybridized carbons (Fsp3) is 0.667. The number of amides is 1. The van der Waals surface area contributed by atoms with Gasteiger partial charge in [0.05, 0.1) is 12.2 Å². The molecule has 2 aliphatic rings. The lowest BCUT2D eigenvalue weighted by atomic mass is 10.1. The van der Waals surface area contributed by atoms with Crippen molar-refractivity contribution in [2.24, 2.45) is 0 Å². The Bertz CT molecular complexity index is 717. The van der Waals surface area contributed by atoms with Gasteiger partial charge in [0.25, 0.3) is 0 Å². The number of carbonyl (C=O) groups is 1. The van der Waals surface area contributed by atoms with Crippen LogP contribution in [0.2, 0.25) is 0 Å². The van der Waals surface area contributed by atoms with E-state index in [1.54, 1.807) is 12.1 Å². The predicted octanol–water partition coefficient (Wildman–Crippen LogP) is 2.88. The average Bonchev–Trinajstić information content (AvgIpc) is 2.61. The Labute approximate surface area is 185 Å². The van der Waals surface area contributed by atoms with E-state index in [4.69, 9.17) is 14.2 Å². The highest BCUT2D eigenvalue weighted by Crippen LogP contribution is 2.22. The molecule has 0 spiro atoms. The first kappa shape index (κ1) is 23.2. The van der Waals surface area contributed by atoms with E-state index in [9.17, 15) is 9.18 Å². The summed E-state index contributed by atoms with van der Waals surface area (Å²) >= 11 is 3.24. The largest absolute Gasteiger partial charge is 0.489 e. The molecule has 2 unspecified atom stereocenters. The van der Waals surface area contributed by atoms with Crippen LogP contribution >= 0.6 is 15.9 Å². The van der Waals surface area contributed by atoms with E-state index >= 15 is 0 Å². The van der Waals surface area contributed by atoms with E-state index in [-0.39, 0.29) is 29.9 Å². The van der Waals surface area contributed by atoms with E-state index in [0.29, 0.717) is 17.6 Å². The zero-order valence-electron chi connectivity index (χ0n) is 17.8. The van der Waals surface area contributed by atoms with Gasteiger partial charge in [-0.15, -0.1) is 0 Å². The van der Waals surface area contributed by atoms with E-state index in [2.05, 4.69) is 31.0 Å². The van der Waals surface area contributed by atoms with Crippen molar-refractivity contribution >= 4 is 22.0 Å². The summed E-state index contributed by atoms with van der Waals surface area (Å²) in [6, 6.07) is 4.81. The number of nitrogens with zero attached hydrogens (tertiary/aromatic N) is 2. The number of nitrogens with one attached hydrogen (secondary N) is 1. The van der Waals surface area contributed by atoms with Crippen molar-refractivity contribution in [1.82, 2.24) is 15.1 Å². The third-order valence-corrected chi connectivity index (χ3v) is 5.38. The number of ether oxygens (including phenoxy) is 3. The molecule has 1 aromatic rings. The zero-order chi connectivity index (χ0) is 21.7. The standard InChI is InChI=1S/C21H31BrFN3O4/c1-21(2,3)30-20(27)24-6-7-25-11-16-13-26(14-17(12-25)29-16)8-9-28-19-5-4-15(22)10-18(19)23/h4-5,10,16-17H,6-9,11-14H2,1-3H3,(H,24,27). The zero-order valence-corrected chi connectivity index (χ0v) is 19.4. The maximum atomic E-state index is 13.9. The molecule has 2 atom stereocenters. The van der Waals surface area contributed by atoms with Crippen LogP contribution in [0.1, 0.15) is 20.8 Å². The molecular formula is C21H31BrFN3O4. The molecule has 2 bridgehead atoms. The van der Waals surface area contributed by atoms with Gasteiger partial charge < -0.3 is 19.5 Å². The Morgan fingerprint density at radius 2 is 1.83 bits per heavy atom. The van der Waals surface area contributed by atoms with Gasteiger partial charge in [-0.2, -0.15) is 0 Å². The first-order valence-corrected chi connectivity index (χ1v) is 11.1. The highest BCUT2D eigenvalue weighted by atomic mass is 79.9. The van der Waals surface area contributed by atoms with E-state index in [0.717, 1.165) is 39.3 Å². The third-order valence-electron chi connectivity index (χ3n) is 4.89. The molecule has 2 saturated heterocycles. The number of benzene rings is 1. The second-order valence-corrected chi connectivity index (χ2v) is 9.67. The molecular weight excluding hydrogens is 457 g/mol. The summed E-state index contributed by atoms with van der Waals surface area (Å²) in [5.74, 6) is -0.0887. The van der Waals surface area contributed by atoms with Gasteiger partial charge in [0, 0.05) is 50.3 Å². The van der Waals surface area contributed by atoms with Crippen molar-refractivity contribution in [3.05, 3.63) is 28.5 Å². The van der Waals surface area contributed by atoms with Crippen molar-refractivity contribution in [1.29, 1.82) is 0 Å². The number of morpholine rings is 2. The molecule has 0 saturated carbocycles. The first-order chi connectivity index (χ1) is 14.2. The van der Waals surface area contributed by atoms with Crippen LogP contribution in [-0.2, 0) is 9.47 Å². The Balaban J connectivity index is 1.36. The van der Waals surface area contributed by atoms with Crippen molar-refractivity contribution < 1.29 is 23.4 Å². The second kappa shape index (κ2) is 10.3. The minimum atomic E-state index is -0.490. The monoisotopic (exact) mass is 487 g/mol. The SMILES string of the molecule is CC(C)(C)OC(=O)NCCN1CC2CN(CCOc3ccc(Br)cc3F)CC(C1)O2. The minimum absolute atomic E-state index is 0.128. The molecule has 1 aromatic carbocycles. The lowest BCUT2D eigenvalue weighted by Crippen LogP contribution is -2.60. The number of hydrogen-bond donors (Lipinski definition) is 1. The summed E-state index contributed by atoms with van der Waals surface area (Å²) in [6.45, 7) is 11.3. The van der Waals surface area contributed by atoms with Crippen LogP contribution in [-0.4, -0.2) is 86.1 Å².